The van der Waals surface area contributed by atoms with E-state index in [1.165, 1.54) is 12.1 Å². The predicted octanol–water partition coefficient (Wildman–Crippen LogP) is 3.19. The van der Waals surface area contributed by atoms with Crippen molar-refractivity contribution in [2.45, 2.75) is 19.4 Å². The zero-order valence-corrected chi connectivity index (χ0v) is 13.6. The standard InChI is InChI=1S/C13H17BrClFN2O2/c1-8(13(19)17-4-3-5-20-2)18-12-10(14)6-9(16)7-11(12)15/h6-8,18H,3-5H2,1-2H3,(H,17,19). The molecule has 0 saturated heterocycles. The van der Waals surface area contributed by atoms with E-state index in [1.807, 2.05) is 0 Å². The second kappa shape index (κ2) is 8.44. The fourth-order valence-corrected chi connectivity index (χ4v) is 2.46. The second-order valence-electron chi connectivity index (χ2n) is 4.25. The number of methoxy groups -OCH3 is 1. The maximum Gasteiger partial charge on any atom is 0.242 e. The van der Waals surface area contributed by atoms with Gasteiger partial charge in [-0.3, -0.25) is 4.79 Å². The highest BCUT2D eigenvalue weighted by molar-refractivity contribution is 9.10. The van der Waals surface area contributed by atoms with Crippen molar-refractivity contribution in [3.8, 4) is 0 Å². The Labute approximate surface area is 131 Å². The molecule has 0 aliphatic heterocycles. The molecule has 1 unspecified atom stereocenters. The van der Waals surface area contributed by atoms with Gasteiger partial charge in [-0.2, -0.15) is 0 Å². The average molecular weight is 368 g/mol. The third-order valence-electron chi connectivity index (χ3n) is 2.59. The van der Waals surface area contributed by atoms with Crippen molar-refractivity contribution in [3.05, 3.63) is 27.4 Å². The Morgan fingerprint density at radius 3 is 2.85 bits per heavy atom. The fourth-order valence-electron chi connectivity index (χ4n) is 1.54. The van der Waals surface area contributed by atoms with Gasteiger partial charge < -0.3 is 15.4 Å². The fraction of sp³-hybridized carbons (Fsp3) is 0.462. The van der Waals surface area contributed by atoms with Crippen LogP contribution in [0.25, 0.3) is 0 Å². The van der Waals surface area contributed by atoms with Crippen molar-refractivity contribution in [2.75, 3.05) is 25.6 Å². The van der Waals surface area contributed by atoms with Gasteiger partial charge in [0.2, 0.25) is 5.91 Å². The van der Waals surface area contributed by atoms with E-state index in [-0.39, 0.29) is 10.9 Å². The highest BCUT2D eigenvalue weighted by atomic mass is 79.9. The van der Waals surface area contributed by atoms with Crippen LogP contribution in [0.1, 0.15) is 13.3 Å². The van der Waals surface area contributed by atoms with Crippen LogP contribution in [0, 0.1) is 5.82 Å². The molecular weight excluding hydrogens is 351 g/mol. The minimum absolute atomic E-state index is 0.159. The summed E-state index contributed by atoms with van der Waals surface area (Å²) in [4.78, 5) is 11.9. The summed E-state index contributed by atoms with van der Waals surface area (Å²) in [6, 6.07) is 1.99. The van der Waals surface area contributed by atoms with Crippen LogP contribution in [-0.4, -0.2) is 32.2 Å². The average Bonchev–Trinajstić information content (AvgIpc) is 2.38. The maximum absolute atomic E-state index is 13.1. The lowest BCUT2D eigenvalue weighted by Gasteiger charge is -2.17. The van der Waals surface area contributed by atoms with Gasteiger partial charge in [-0.1, -0.05) is 11.6 Å². The summed E-state index contributed by atoms with van der Waals surface area (Å²) in [5.74, 6) is -0.600. The van der Waals surface area contributed by atoms with Gasteiger partial charge in [0, 0.05) is 24.7 Å². The summed E-state index contributed by atoms with van der Waals surface area (Å²) < 4.78 is 18.5. The zero-order valence-electron chi connectivity index (χ0n) is 11.3. The molecule has 1 atom stereocenters. The number of hydrogen-bond acceptors (Lipinski definition) is 3. The molecule has 1 amide bonds. The molecule has 112 valence electrons. The van der Waals surface area contributed by atoms with E-state index < -0.39 is 11.9 Å². The lowest BCUT2D eigenvalue weighted by Crippen LogP contribution is -2.38. The number of carbonyl (C=O) groups is 1. The van der Waals surface area contributed by atoms with Gasteiger partial charge in [0.05, 0.1) is 10.7 Å². The summed E-state index contributed by atoms with van der Waals surface area (Å²) in [5.41, 5.74) is 0.493. The zero-order chi connectivity index (χ0) is 15.1. The van der Waals surface area contributed by atoms with Crippen LogP contribution in [0.5, 0.6) is 0 Å². The number of benzene rings is 1. The monoisotopic (exact) mass is 366 g/mol. The third-order valence-corrected chi connectivity index (χ3v) is 3.51. The number of carbonyl (C=O) groups excluding carboxylic acids is 1. The Bertz CT molecular complexity index is 451. The van der Waals surface area contributed by atoms with Crippen LogP contribution >= 0.6 is 27.5 Å². The van der Waals surface area contributed by atoms with Gasteiger partial charge in [0.25, 0.3) is 0 Å². The molecule has 0 heterocycles. The number of nitrogens with one attached hydrogen (secondary N) is 2. The number of ether oxygens (including phenoxy) is 1. The van der Waals surface area contributed by atoms with E-state index in [9.17, 15) is 9.18 Å². The van der Waals surface area contributed by atoms with Crippen molar-refractivity contribution >= 4 is 39.1 Å². The van der Waals surface area contributed by atoms with E-state index in [1.54, 1.807) is 14.0 Å². The molecule has 2 N–H and O–H groups in total. The van der Waals surface area contributed by atoms with Crippen LogP contribution < -0.4 is 10.6 Å². The van der Waals surface area contributed by atoms with Crippen LogP contribution in [0.3, 0.4) is 0 Å². The molecule has 0 fully saturated rings. The van der Waals surface area contributed by atoms with E-state index in [0.29, 0.717) is 23.3 Å². The van der Waals surface area contributed by atoms with E-state index in [0.717, 1.165) is 6.42 Å². The van der Waals surface area contributed by atoms with Crippen LogP contribution in [0.4, 0.5) is 10.1 Å². The summed E-state index contributed by atoms with van der Waals surface area (Å²) in [6.45, 7) is 2.84. The Balaban J connectivity index is 2.57. The Kier molecular flexibility index (Phi) is 7.26. The summed E-state index contributed by atoms with van der Waals surface area (Å²) in [6.07, 6.45) is 0.746. The summed E-state index contributed by atoms with van der Waals surface area (Å²) >= 11 is 9.16. The predicted molar refractivity (Wildman–Crippen MR) is 81.7 cm³/mol. The van der Waals surface area contributed by atoms with Gasteiger partial charge in [-0.05, 0) is 41.4 Å². The Hall–Kier alpha value is -0.850. The van der Waals surface area contributed by atoms with Crippen LogP contribution in [-0.2, 0) is 9.53 Å². The summed E-state index contributed by atoms with van der Waals surface area (Å²) in [7, 11) is 1.61. The number of amides is 1. The Morgan fingerprint density at radius 2 is 2.25 bits per heavy atom. The lowest BCUT2D eigenvalue weighted by molar-refractivity contribution is -0.121. The molecule has 4 nitrogen and oxygen atoms in total. The minimum Gasteiger partial charge on any atom is -0.385 e. The van der Waals surface area contributed by atoms with Crippen molar-refractivity contribution in [1.82, 2.24) is 5.32 Å². The SMILES string of the molecule is COCCCNC(=O)C(C)Nc1c(Cl)cc(F)cc1Br. The first kappa shape index (κ1) is 17.2. The minimum atomic E-state index is -0.489. The highest BCUT2D eigenvalue weighted by Crippen LogP contribution is 2.32. The first-order valence-corrected chi connectivity index (χ1v) is 7.30. The van der Waals surface area contributed by atoms with Crippen molar-refractivity contribution in [3.63, 3.8) is 0 Å². The molecule has 1 rings (SSSR count). The highest BCUT2D eigenvalue weighted by Gasteiger charge is 2.16. The molecule has 0 bridgehead atoms. The van der Waals surface area contributed by atoms with Crippen LogP contribution in [0.2, 0.25) is 5.02 Å². The van der Waals surface area contributed by atoms with Gasteiger partial charge in [-0.15, -0.1) is 0 Å². The molecule has 0 aromatic heterocycles. The summed E-state index contributed by atoms with van der Waals surface area (Å²) in [5, 5.41) is 5.95. The molecule has 0 radical (unpaired) electrons. The maximum atomic E-state index is 13.1. The van der Waals surface area contributed by atoms with Crippen molar-refractivity contribution in [2.24, 2.45) is 0 Å². The molecule has 0 aliphatic carbocycles. The van der Waals surface area contributed by atoms with Crippen LogP contribution in [0.15, 0.2) is 16.6 Å². The Morgan fingerprint density at radius 1 is 1.55 bits per heavy atom. The molecule has 0 spiro atoms. The van der Waals surface area contributed by atoms with Gasteiger partial charge in [-0.25, -0.2) is 4.39 Å². The number of rotatable bonds is 7. The van der Waals surface area contributed by atoms with Gasteiger partial charge in [0.1, 0.15) is 11.9 Å². The lowest BCUT2D eigenvalue weighted by atomic mass is 10.2. The molecular formula is C13H17BrClFN2O2. The normalized spacial score (nSPS) is 12.1. The molecule has 1 aromatic rings. The van der Waals surface area contributed by atoms with E-state index in [4.69, 9.17) is 16.3 Å². The third kappa shape index (κ3) is 5.26. The van der Waals surface area contributed by atoms with E-state index >= 15 is 0 Å². The molecule has 0 saturated carbocycles. The quantitative estimate of drug-likeness (QED) is 0.728. The smallest absolute Gasteiger partial charge is 0.242 e. The first-order valence-electron chi connectivity index (χ1n) is 6.13. The number of hydrogen-bond donors (Lipinski definition) is 2. The molecule has 7 heteroatoms. The molecule has 20 heavy (non-hydrogen) atoms. The second-order valence-corrected chi connectivity index (χ2v) is 5.51. The van der Waals surface area contributed by atoms with Crippen molar-refractivity contribution < 1.29 is 13.9 Å². The van der Waals surface area contributed by atoms with Gasteiger partial charge in [0.15, 0.2) is 0 Å². The number of halogens is 3. The molecule has 1 aromatic carbocycles. The van der Waals surface area contributed by atoms with E-state index in [2.05, 4.69) is 26.6 Å². The van der Waals surface area contributed by atoms with Gasteiger partial charge >= 0.3 is 0 Å². The first-order chi connectivity index (χ1) is 9.45. The largest absolute Gasteiger partial charge is 0.385 e. The van der Waals surface area contributed by atoms with Crippen molar-refractivity contribution in [1.29, 1.82) is 0 Å². The topological polar surface area (TPSA) is 50.4 Å². The molecule has 0 aliphatic rings. The number of anilines is 1.